The predicted octanol–water partition coefficient (Wildman–Crippen LogP) is 3.73. The van der Waals surface area contributed by atoms with Gasteiger partial charge in [-0.2, -0.15) is 5.10 Å². The molecule has 1 N–H and O–H groups in total. The Morgan fingerprint density at radius 3 is 2.72 bits per heavy atom. The van der Waals surface area contributed by atoms with Crippen molar-refractivity contribution in [3.8, 4) is 0 Å². The molecule has 0 unspecified atom stereocenters. The van der Waals surface area contributed by atoms with Gasteiger partial charge in [0.05, 0.1) is 0 Å². The highest BCUT2D eigenvalue weighted by Gasteiger charge is 2.60. The summed E-state index contributed by atoms with van der Waals surface area (Å²) in [5.74, 6) is 0.0927. The van der Waals surface area contributed by atoms with E-state index in [0.717, 1.165) is 18.6 Å². The number of nitrogens with one attached hydrogen (secondary N) is 1. The molecule has 1 amide bonds. The first-order valence-corrected chi connectivity index (χ1v) is 8.73. The monoisotopic (exact) mass is 338 g/mol. The molecule has 1 aromatic carbocycles. The molecule has 2 saturated carbocycles. The second-order valence-electron chi connectivity index (χ2n) is 7.98. The molecule has 1 aromatic heterocycles. The number of carbonyl (C=O) groups excluding carboxylic acids is 1. The van der Waals surface area contributed by atoms with Crippen LogP contribution >= 0.6 is 0 Å². The van der Waals surface area contributed by atoms with Crippen LogP contribution in [0.2, 0.25) is 0 Å². The number of benzene rings is 1. The topological polar surface area (TPSA) is 71.7 Å². The van der Waals surface area contributed by atoms with Crippen LogP contribution in [-0.2, 0) is 0 Å². The third kappa shape index (κ3) is 2.25. The standard InChI is InChI=1S/C20H22N2O3/c1-19(2)13-8-9-20(19,3)16(11-13)21-22-17(23)14-10-12-6-4-5-7-15(12)25-18(14)24/h4-7,10,13H,8-9,11H2,1-3H3,(H,22,23)/b21-16+/t13-,20-/m0/s1. The van der Waals surface area contributed by atoms with Crippen LogP contribution in [-0.4, -0.2) is 11.6 Å². The Morgan fingerprint density at radius 1 is 1.28 bits per heavy atom. The minimum absolute atomic E-state index is 0.0129. The van der Waals surface area contributed by atoms with Crippen molar-refractivity contribution in [2.24, 2.45) is 21.8 Å². The zero-order chi connectivity index (χ0) is 17.8. The fourth-order valence-electron chi connectivity index (χ4n) is 4.50. The molecule has 2 aliphatic carbocycles. The number of nitrogens with zero attached hydrogens (tertiary/aromatic N) is 1. The van der Waals surface area contributed by atoms with E-state index in [2.05, 4.69) is 31.3 Å². The quantitative estimate of drug-likeness (QED) is 0.670. The van der Waals surface area contributed by atoms with Gasteiger partial charge in [0.2, 0.25) is 0 Å². The van der Waals surface area contributed by atoms with Crippen LogP contribution in [0.25, 0.3) is 11.0 Å². The Balaban J connectivity index is 1.62. The van der Waals surface area contributed by atoms with E-state index in [9.17, 15) is 9.59 Å². The van der Waals surface area contributed by atoms with Crippen LogP contribution < -0.4 is 11.1 Å². The Hall–Kier alpha value is -2.43. The van der Waals surface area contributed by atoms with Gasteiger partial charge in [-0.1, -0.05) is 39.0 Å². The van der Waals surface area contributed by atoms with Crippen molar-refractivity contribution in [3.63, 3.8) is 0 Å². The predicted molar refractivity (Wildman–Crippen MR) is 96.6 cm³/mol. The maximum Gasteiger partial charge on any atom is 0.349 e. The molecule has 25 heavy (non-hydrogen) atoms. The van der Waals surface area contributed by atoms with Gasteiger partial charge in [0, 0.05) is 16.5 Å². The van der Waals surface area contributed by atoms with Crippen LogP contribution in [0.4, 0.5) is 0 Å². The van der Waals surface area contributed by atoms with Crippen LogP contribution in [0, 0.1) is 16.7 Å². The molecule has 5 heteroatoms. The molecule has 2 aliphatic rings. The van der Waals surface area contributed by atoms with Gasteiger partial charge < -0.3 is 4.42 Å². The summed E-state index contributed by atoms with van der Waals surface area (Å²) in [4.78, 5) is 24.5. The van der Waals surface area contributed by atoms with Crippen LogP contribution in [0.15, 0.2) is 44.6 Å². The zero-order valence-corrected chi connectivity index (χ0v) is 14.8. The molecule has 2 aromatic rings. The van der Waals surface area contributed by atoms with Crippen molar-refractivity contribution in [3.05, 3.63) is 46.3 Å². The van der Waals surface area contributed by atoms with Crippen molar-refractivity contribution in [1.29, 1.82) is 0 Å². The fourth-order valence-corrected chi connectivity index (χ4v) is 4.50. The normalized spacial score (nSPS) is 28.6. The summed E-state index contributed by atoms with van der Waals surface area (Å²) < 4.78 is 5.22. The first-order valence-electron chi connectivity index (χ1n) is 8.73. The van der Waals surface area contributed by atoms with Gasteiger partial charge in [-0.15, -0.1) is 0 Å². The number of para-hydroxylation sites is 1. The van der Waals surface area contributed by atoms with Crippen molar-refractivity contribution >= 4 is 22.6 Å². The number of hydrogen-bond acceptors (Lipinski definition) is 4. The summed E-state index contributed by atoms with van der Waals surface area (Å²) in [6.45, 7) is 6.80. The Morgan fingerprint density at radius 2 is 2.04 bits per heavy atom. The molecule has 2 bridgehead atoms. The number of hydrazone groups is 1. The summed E-state index contributed by atoms with van der Waals surface area (Å²) >= 11 is 0. The summed E-state index contributed by atoms with van der Waals surface area (Å²) in [6.07, 6.45) is 3.22. The molecular formula is C20H22N2O3. The first kappa shape index (κ1) is 16.1. The second-order valence-corrected chi connectivity index (χ2v) is 7.98. The average molecular weight is 338 g/mol. The summed E-state index contributed by atoms with van der Waals surface area (Å²) in [7, 11) is 0. The van der Waals surface area contributed by atoms with Crippen LogP contribution in [0.3, 0.4) is 0 Å². The highest BCUT2D eigenvalue weighted by Crippen LogP contribution is 2.63. The Kier molecular flexibility index (Phi) is 3.39. The molecule has 0 aliphatic heterocycles. The minimum Gasteiger partial charge on any atom is -0.422 e. The van der Waals surface area contributed by atoms with Crippen molar-refractivity contribution in [2.45, 2.75) is 40.0 Å². The fraction of sp³-hybridized carbons (Fsp3) is 0.450. The highest BCUT2D eigenvalue weighted by atomic mass is 16.4. The maximum atomic E-state index is 12.5. The highest BCUT2D eigenvalue weighted by molar-refractivity contribution is 5.99. The van der Waals surface area contributed by atoms with E-state index in [4.69, 9.17) is 4.42 Å². The van der Waals surface area contributed by atoms with Gasteiger partial charge in [0.1, 0.15) is 11.1 Å². The molecule has 4 rings (SSSR count). The number of carbonyl (C=O) groups is 1. The summed E-state index contributed by atoms with van der Waals surface area (Å²) in [5.41, 5.74) is 3.63. The van der Waals surface area contributed by atoms with Gasteiger partial charge in [-0.05, 0) is 42.7 Å². The minimum atomic E-state index is -0.643. The van der Waals surface area contributed by atoms with E-state index >= 15 is 0 Å². The van der Waals surface area contributed by atoms with Crippen molar-refractivity contribution in [1.82, 2.24) is 5.43 Å². The van der Waals surface area contributed by atoms with E-state index < -0.39 is 11.5 Å². The van der Waals surface area contributed by atoms with E-state index in [1.54, 1.807) is 24.3 Å². The van der Waals surface area contributed by atoms with Gasteiger partial charge in [-0.25, -0.2) is 10.2 Å². The molecule has 0 spiro atoms. The summed E-state index contributed by atoms with van der Waals surface area (Å²) in [5, 5.41) is 5.12. The van der Waals surface area contributed by atoms with E-state index in [-0.39, 0.29) is 16.4 Å². The van der Waals surface area contributed by atoms with Gasteiger partial charge >= 0.3 is 5.63 Å². The van der Waals surface area contributed by atoms with E-state index in [1.165, 1.54) is 6.42 Å². The lowest BCUT2D eigenvalue weighted by Crippen LogP contribution is -2.34. The molecule has 1 heterocycles. The van der Waals surface area contributed by atoms with Gasteiger partial charge in [0.25, 0.3) is 5.91 Å². The molecule has 130 valence electrons. The second kappa shape index (κ2) is 5.28. The average Bonchev–Trinajstić information content (AvgIpc) is 2.92. The Bertz CT molecular complexity index is 957. The van der Waals surface area contributed by atoms with Gasteiger partial charge in [-0.3, -0.25) is 4.79 Å². The van der Waals surface area contributed by atoms with Crippen molar-refractivity contribution in [2.75, 3.05) is 0 Å². The number of rotatable bonds is 2. The molecule has 0 radical (unpaired) electrons. The largest absolute Gasteiger partial charge is 0.422 e. The number of fused-ring (bicyclic) bond motifs is 3. The smallest absolute Gasteiger partial charge is 0.349 e. The molecule has 2 atom stereocenters. The zero-order valence-electron chi connectivity index (χ0n) is 14.8. The SMILES string of the molecule is CC1(C)[C@H]2CC[C@@]1(C)/C(=N/NC(=O)c1cc3ccccc3oc1=O)C2. The lowest BCUT2D eigenvalue weighted by molar-refractivity contribution is 0.0950. The van der Waals surface area contributed by atoms with Crippen LogP contribution in [0.1, 0.15) is 50.4 Å². The molecule has 2 fully saturated rings. The van der Waals surface area contributed by atoms with E-state index in [0.29, 0.717) is 16.9 Å². The maximum absolute atomic E-state index is 12.5. The molecule has 0 saturated heterocycles. The molecular weight excluding hydrogens is 316 g/mol. The van der Waals surface area contributed by atoms with E-state index in [1.807, 2.05) is 6.07 Å². The lowest BCUT2D eigenvalue weighted by Gasteiger charge is -2.34. The summed E-state index contributed by atoms with van der Waals surface area (Å²) in [6, 6.07) is 8.69. The third-order valence-electron chi connectivity index (χ3n) is 6.69. The number of hydrogen-bond donors (Lipinski definition) is 1. The third-order valence-corrected chi connectivity index (χ3v) is 6.69. The first-order chi connectivity index (χ1) is 11.8. The van der Waals surface area contributed by atoms with Crippen LogP contribution in [0.5, 0.6) is 0 Å². The Labute approximate surface area is 146 Å². The number of amides is 1. The van der Waals surface area contributed by atoms with Crippen molar-refractivity contribution < 1.29 is 9.21 Å². The van der Waals surface area contributed by atoms with Gasteiger partial charge in [0.15, 0.2) is 0 Å². The molecule has 5 nitrogen and oxygen atoms in total. The lowest BCUT2D eigenvalue weighted by atomic mass is 9.70.